The van der Waals surface area contributed by atoms with Crippen LogP contribution in [0, 0.1) is 20.8 Å². The number of hydrogen-bond acceptors (Lipinski definition) is 3. The Morgan fingerprint density at radius 1 is 0.781 bits per heavy atom. The van der Waals surface area contributed by atoms with Gasteiger partial charge in [0.2, 0.25) is 0 Å². The number of aromatic nitrogens is 1. The molecule has 0 unspecified atom stereocenters. The van der Waals surface area contributed by atoms with Crippen LogP contribution in [0.15, 0.2) is 84.9 Å². The van der Waals surface area contributed by atoms with Gasteiger partial charge < -0.3 is 4.74 Å². The van der Waals surface area contributed by atoms with Gasteiger partial charge in [-0.15, -0.1) is 0 Å². The Morgan fingerprint density at radius 3 is 2.28 bits per heavy atom. The third-order valence-corrected chi connectivity index (χ3v) is 5.85. The Balaban J connectivity index is 1.68. The molecule has 0 aliphatic carbocycles. The summed E-state index contributed by atoms with van der Waals surface area (Å²) in [7, 11) is 0. The molecule has 0 spiro atoms. The average Bonchev–Trinajstić information content (AvgIpc) is 2.79. The largest absolute Gasteiger partial charge is 0.423 e. The maximum absolute atomic E-state index is 13.5. The summed E-state index contributed by atoms with van der Waals surface area (Å²) in [6, 6.07) is 27.8. The van der Waals surface area contributed by atoms with E-state index in [0.29, 0.717) is 11.3 Å². The first-order chi connectivity index (χ1) is 15.5. The minimum atomic E-state index is -0.368. The van der Waals surface area contributed by atoms with Crippen molar-refractivity contribution in [3.63, 3.8) is 0 Å². The van der Waals surface area contributed by atoms with Gasteiger partial charge in [0.05, 0.1) is 16.8 Å². The van der Waals surface area contributed by atoms with Gasteiger partial charge >= 0.3 is 5.97 Å². The fourth-order valence-electron chi connectivity index (χ4n) is 4.34. The van der Waals surface area contributed by atoms with Gasteiger partial charge in [-0.2, -0.15) is 0 Å². The second-order valence-corrected chi connectivity index (χ2v) is 8.20. The first-order valence-corrected chi connectivity index (χ1v) is 10.7. The number of carbonyl (C=O) groups excluding carboxylic acids is 1. The van der Waals surface area contributed by atoms with Crippen LogP contribution in [0.1, 0.15) is 27.0 Å². The number of benzene rings is 4. The molecular weight excluding hydrogens is 394 g/mol. The van der Waals surface area contributed by atoms with Crippen LogP contribution < -0.4 is 4.74 Å². The topological polar surface area (TPSA) is 39.2 Å². The van der Waals surface area contributed by atoms with Crippen LogP contribution in [0.2, 0.25) is 0 Å². The van der Waals surface area contributed by atoms with Crippen LogP contribution >= 0.6 is 0 Å². The normalized spacial score (nSPS) is 11.1. The zero-order chi connectivity index (χ0) is 22.2. The van der Waals surface area contributed by atoms with E-state index < -0.39 is 0 Å². The molecule has 156 valence electrons. The molecule has 0 saturated heterocycles. The van der Waals surface area contributed by atoms with Gasteiger partial charge in [-0.3, -0.25) is 0 Å². The SMILES string of the molecule is Cc1cc(C)c2nc(-c3ccccc3)c(C)c(C(=O)Oc3ccc4ccccc4c3)c2c1. The summed E-state index contributed by atoms with van der Waals surface area (Å²) in [6.07, 6.45) is 0. The summed E-state index contributed by atoms with van der Waals surface area (Å²) in [5, 5.41) is 2.96. The molecule has 0 atom stereocenters. The molecule has 1 heterocycles. The summed E-state index contributed by atoms with van der Waals surface area (Å²) >= 11 is 0. The van der Waals surface area contributed by atoms with E-state index in [-0.39, 0.29) is 5.97 Å². The number of aryl methyl sites for hydroxylation is 2. The van der Waals surface area contributed by atoms with Crippen LogP contribution in [-0.4, -0.2) is 11.0 Å². The summed E-state index contributed by atoms with van der Waals surface area (Å²) in [4.78, 5) is 18.5. The molecule has 4 aromatic carbocycles. The zero-order valence-electron chi connectivity index (χ0n) is 18.3. The molecule has 0 aliphatic heterocycles. The first-order valence-electron chi connectivity index (χ1n) is 10.7. The van der Waals surface area contributed by atoms with Gasteiger partial charge in [0.25, 0.3) is 0 Å². The highest BCUT2D eigenvalue weighted by molar-refractivity contribution is 6.08. The van der Waals surface area contributed by atoms with E-state index in [1.807, 2.05) is 99.6 Å². The molecule has 32 heavy (non-hydrogen) atoms. The molecule has 0 N–H and O–H groups in total. The zero-order valence-corrected chi connectivity index (χ0v) is 18.3. The van der Waals surface area contributed by atoms with E-state index in [1.165, 1.54) is 0 Å². The lowest BCUT2D eigenvalue weighted by molar-refractivity contribution is 0.0736. The third-order valence-electron chi connectivity index (χ3n) is 5.85. The monoisotopic (exact) mass is 417 g/mol. The Hall–Kier alpha value is -3.98. The van der Waals surface area contributed by atoms with Gasteiger partial charge in [0, 0.05) is 10.9 Å². The molecule has 3 heteroatoms. The average molecular weight is 418 g/mol. The number of esters is 1. The fraction of sp³-hybridized carbons (Fsp3) is 0.103. The van der Waals surface area contributed by atoms with Crippen molar-refractivity contribution in [1.29, 1.82) is 0 Å². The van der Waals surface area contributed by atoms with Crippen molar-refractivity contribution in [2.45, 2.75) is 20.8 Å². The van der Waals surface area contributed by atoms with E-state index in [2.05, 4.69) is 6.07 Å². The van der Waals surface area contributed by atoms with E-state index in [0.717, 1.165) is 49.6 Å². The predicted molar refractivity (Wildman–Crippen MR) is 130 cm³/mol. The summed E-state index contributed by atoms with van der Waals surface area (Å²) in [6.45, 7) is 6.01. The molecule has 0 aliphatic rings. The van der Waals surface area contributed by atoms with Crippen molar-refractivity contribution < 1.29 is 9.53 Å². The second-order valence-electron chi connectivity index (χ2n) is 8.20. The van der Waals surface area contributed by atoms with Gasteiger partial charge in [-0.05, 0) is 60.9 Å². The number of fused-ring (bicyclic) bond motifs is 2. The van der Waals surface area contributed by atoms with E-state index in [1.54, 1.807) is 0 Å². The number of nitrogens with zero attached hydrogens (tertiary/aromatic N) is 1. The second kappa shape index (κ2) is 7.93. The molecule has 3 nitrogen and oxygen atoms in total. The summed E-state index contributed by atoms with van der Waals surface area (Å²) in [5.41, 5.74) is 6.11. The molecule has 5 aromatic rings. The number of pyridine rings is 1. The van der Waals surface area contributed by atoms with Crippen molar-refractivity contribution in [2.75, 3.05) is 0 Å². The third kappa shape index (κ3) is 3.52. The van der Waals surface area contributed by atoms with Gasteiger partial charge in [-0.25, -0.2) is 9.78 Å². The van der Waals surface area contributed by atoms with Crippen LogP contribution in [0.5, 0.6) is 5.75 Å². The van der Waals surface area contributed by atoms with Crippen molar-refractivity contribution in [3.05, 3.63) is 107 Å². The van der Waals surface area contributed by atoms with Crippen molar-refractivity contribution in [3.8, 4) is 17.0 Å². The predicted octanol–water partition coefficient (Wildman–Crippen LogP) is 7.20. The first kappa shape index (κ1) is 20.0. The number of rotatable bonds is 3. The molecule has 0 bridgehead atoms. The lowest BCUT2D eigenvalue weighted by Crippen LogP contribution is -2.13. The van der Waals surface area contributed by atoms with Crippen LogP contribution in [0.3, 0.4) is 0 Å². The maximum atomic E-state index is 13.5. The van der Waals surface area contributed by atoms with Gasteiger partial charge in [0.1, 0.15) is 5.75 Å². The van der Waals surface area contributed by atoms with E-state index in [9.17, 15) is 4.79 Å². The Labute approximate surface area is 187 Å². The Kier molecular flexibility index (Phi) is 4.95. The molecule has 5 rings (SSSR count). The van der Waals surface area contributed by atoms with E-state index in [4.69, 9.17) is 9.72 Å². The van der Waals surface area contributed by atoms with Gasteiger partial charge in [0.15, 0.2) is 0 Å². The smallest absolute Gasteiger partial charge is 0.344 e. The van der Waals surface area contributed by atoms with Crippen molar-refractivity contribution in [1.82, 2.24) is 4.98 Å². The molecule has 0 amide bonds. The van der Waals surface area contributed by atoms with Crippen molar-refractivity contribution >= 4 is 27.6 Å². The standard InChI is InChI=1S/C29H23NO2/c1-18-15-19(2)27-25(16-18)26(20(3)28(30-27)22-10-5-4-6-11-22)29(31)32-24-14-13-21-9-7-8-12-23(21)17-24/h4-17H,1-3H3. The number of carbonyl (C=O) groups is 1. The molecule has 0 fully saturated rings. The number of ether oxygens (including phenoxy) is 1. The van der Waals surface area contributed by atoms with Gasteiger partial charge in [-0.1, -0.05) is 72.3 Å². The number of hydrogen-bond donors (Lipinski definition) is 0. The quantitative estimate of drug-likeness (QED) is 0.230. The summed E-state index contributed by atoms with van der Waals surface area (Å²) < 4.78 is 5.90. The van der Waals surface area contributed by atoms with E-state index >= 15 is 0 Å². The highest BCUT2D eigenvalue weighted by Crippen LogP contribution is 2.33. The van der Waals surface area contributed by atoms with Crippen LogP contribution in [-0.2, 0) is 0 Å². The van der Waals surface area contributed by atoms with Crippen LogP contribution in [0.25, 0.3) is 32.9 Å². The van der Waals surface area contributed by atoms with Crippen LogP contribution in [0.4, 0.5) is 0 Å². The van der Waals surface area contributed by atoms with Crippen molar-refractivity contribution in [2.24, 2.45) is 0 Å². The lowest BCUT2D eigenvalue weighted by atomic mass is 9.95. The fourth-order valence-corrected chi connectivity index (χ4v) is 4.34. The minimum Gasteiger partial charge on any atom is -0.423 e. The Bertz CT molecular complexity index is 1490. The summed E-state index contributed by atoms with van der Waals surface area (Å²) in [5.74, 6) is 0.163. The molecular formula is C29H23NO2. The Morgan fingerprint density at radius 2 is 1.50 bits per heavy atom. The molecule has 0 saturated carbocycles. The highest BCUT2D eigenvalue weighted by atomic mass is 16.5. The minimum absolute atomic E-state index is 0.368. The molecule has 0 radical (unpaired) electrons. The highest BCUT2D eigenvalue weighted by Gasteiger charge is 2.22. The lowest BCUT2D eigenvalue weighted by Gasteiger charge is -2.16. The molecule has 1 aromatic heterocycles. The maximum Gasteiger partial charge on any atom is 0.344 e.